The molecule has 24 heavy (non-hydrogen) atoms. The highest BCUT2D eigenvalue weighted by molar-refractivity contribution is 5.94. The zero-order valence-corrected chi connectivity index (χ0v) is 13.6. The molecule has 0 bridgehead atoms. The van der Waals surface area contributed by atoms with Crippen LogP contribution in [0.25, 0.3) is 0 Å². The maximum Gasteiger partial charge on any atom is 0.272 e. The maximum absolute atomic E-state index is 12.2. The van der Waals surface area contributed by atoms with E-state index in [1.165, 1.54) is 18.2 Å². The Hall–Kier alpha value is -2.73. The minimum atomic E-state index is -0.667. The first-order chi connectivity index (χ1) is 11.4. The van der Waals surface area contributed by atoms with Crippen molar-refractivity contribution in [3.8, 4) is 0 Å². The number of nitro groups is 1. The second-order valence-corrected chi connectivity index (χ2v) is 5.80. The topological polar surface area (TPSA) is 92.5 Å². The molecule has 2 aromatic rings. The monoisotopic (exact) mass is 328 g/mol. The molecule has 126 valence electrons. The molecular formula is C18H20N2O4. The van der Waals surface area contributed by atoms with Gasteiger partial charge in [0.1, 0.15) is 0 Å². The number of carbonyl (C=O) groups excluding carboxylic acids is 1. The van der Waals surface area contributed by atoms with Crippen molar-refractivity contribution in [3.63, 3.8) is 0 Å². The minimum Gasteiger partial charge on any atom is -0.388 e. The van der Waals surface area contributed by atoms with Crippen LogP contribution >= 0.6 is 0 Å². The Balaban J connectivity index is 1.99. The number of amides is 1. The zero-order chi connectivity index (χ0) is 17.7. The number of rotatable bonds is 6. The standard InChI is InChI=1S/C18H20N2O4/c1-12-10-15(8-9-16(12)20(23)24)18(22)19-13(2)11-17(21)14-6-4-3-5-7-14/h3-10,13,17,21H,11H2,1-2H3,(H,19,22). The Kier molecular flexibility index (Phi) is 5.65. The Morgan fingerprint density at radius 2 is 1.92 bits per heavy atom. The lowest BCUT2D eigenvalue weighted by atomic mass is 10.0. The van der Waals surface area contributed by atoms with Crippen molar-refractivity contribution < 1.29 is 14.8 Å². The SMILES string of the molecule is Cc1cc(C(=O)NC(C)CC(O)c2ccccc2)ccc1[N+](=O)[O-]. The lowest BCUT2D eigenvalue weighted by Gasteiger charge is -2.18. The fourth-order valence-electron chi connectivity index (χ4n) is 2.51. The molecule has 6 heteroatoms. The smallest absolute Gasteiger partial charge is 0.272 e. The molecule has 0 saturated carbocycles. The maximum atomic E-state index is 12.2. The molecule has 6 nitrogen and oxygen atoms in total. The van der Waals surface area contributed by atoms with E-state index >= 15 is 0 Å². The van der Waals surface area contributed by atoms with Gasteiger partial charge in [-0.05, 0) is 38.0 Å². The van der Waals surface area contributed by atoms with Crippen LogP contribution in [0.2, 0.25) is 0 Å². The molecular weight excluding hydrogens is 308 g/mol. The van der Waals surface area contributed by atoms with Crippen LogP contribution in [0, 0.1) is 17.0 Å². The highest BCUT2D eigenvalue weighted by Crippen LogP contribution is 2.20. The molecule has 0 heterocycles. The summed E-state index contributed by atoms with van der Waals surface area (Å²) in [6, 6.07) is 13.2. The average Bonchev–Trinajstić information content (AvgIpc) is 2.54. The van der Waals surface area contributed by atoms with E-state index in [0.29, 0.717) is 17.5 Å². The number of benzene rings is 2. The van der Waals surface area contributed by atoms with Gasteiger partial charge in [0.2, 0.25) is 0 Å². The van der Waals surface area contributed by atoms with Crippen LogP contribution in [0.3, 0.4) is 0 Å². The lowest BCUT2D eigenvalue weighted by molar-refractivity contribution is -0.385. The first-order valence-corrected chi connectivity index (χ1v) is 7.67. The van der Waals surface area contributed by atoms with Crippen molar-refractivity contribution >= 4 is 11.6 Å². The molecule has 0 aliphatic rings. The molecule has 2 rings (SSSR count). The van der Waals surface area contributed by atoms with E-state index in [1.54, 1.807) is 6.92 Å². The lowest BCUT2D eigenvalue weighted by Crippen LogP contribution is -2.33. The van der Waals surface area contributed by atoms with Crippen LogP contribution in [-0.4, -0.2) is 22.0 Å². The Morgan fingerprint density at radius 3 is 2.50 bits per heavy atom. The number of aliphatic hydroxyl groups is 1. The molecule has 0 fully saturated rings. The summed E-state index contributed by atoms with van der Waals surface area (Å²) >= 11 is 0. The van der Waals surface area contributed by atoms with Crippen molar-refractivity contribution in [1.82, 2.24) is 5.32 Å². The van der Waals surface area contributed by atoms with Crippen molar-refractivity contribution in [2.45, 2.75) is 32.4 Å². The van der Waals surface area contributed by atoms with Crippen LogP contribution < -0.4 is 5.32 Å². The third-order valence-corrected chi connectivity index (χ3v) is 3.79. The van der Waals surface area contributed by atoms with Crippen molar-refractivity contribution in [1.29, 1.82) is 0 Å². The van der Waals surface area contributed by atoms with E-state index in [9.17, 15) is 20.0 Å². The molecule has 2 unspecified atom stereocenters. The average molecular weight is 328 g/mol. The number of aryl methyl sites for hydroxylation is 1. The van der Waals surface area contributed by atoms with Gasteiger partial charge >= 0.3 is 0 Å². The van der Waals surface area contributed by atoms with Gasteiger partial charge in [-0.3, -0.25) is 14.9 Å². The normalized spacial score (nSPS) is 13.1. The molecule has 0 aliphatic heterocycles. The van der Waals surface area contributed by atoms with E-state index < -0.39 is 11.0 Å². The molecule has 2 atom stereocenters. The largest absolute Gasteiger partial charge is 0.388 e. The Bertz CT molecular complexity index is 731. The van der Waals surface area contributed by atoms with Crippen LogP contribution in [0.5, 0.6) is 0 Å². The van der Waals surface area contributed by atoms with Gasteiger partial charge in [0.25, 0.3) is 11.6 Å². The highest BCUT2D eigenvalue weighted by atomic mass is 16.6. The number of nitrogens with zero attached hydrogens (tertiary/aromatic N) is 1. The third-order valence-electron chi connectivity index (χ3n) is 3.79. The Morgan fingerprint density at radius 1 is 1.25 bits per heavy atom. The van der Waals surface area contributed by atoms with Gasteiger partial charge in [0.05, 0.1) is 11.0 Å². The molecule has 0 spiro atoms. The number of aliphatic hydroxyl groups excluding tert-OH is 1. The highest BCUT2D eigenvalue weighted by Gasteiger charge is 2.17. The van der Waals surface area contributed by atoms with Gasteiger partial charge < -0.3 is 10.4 Å². The second kappa shape index (κ2) is 7.70. The van der Waals surface area contributed by atoms with E-state index in [0.717, 1.165) is 5.56 Å². The molecule has 2 aromatic carbocycles. The zero-order valence-electron chi connectivity index (χ0n) is 13.6. The van der Waals surface area contributed by atoms with Gasteiger partial charge in [-0.25, -0.2) is 0 Å². The summed E-state index contributed by atoms with van der Waals surface area (Å²) in [6.07, 6.45) is -0.290. The molecule has 0 saturated heterocycles. The molecule has 1 amide bonds. The van der Waals surface area contributed by atoms with Gasteiger partial charge in [-0.2, -0.15) is 0 Å². The van der Waals surface area contributed by atoms with E-state index in [-0.39, 0.29) is 17.6 Å². The number of carbonyl (C=O) groups is 1. The number of nitro benzene ring substituents is 1. The third kappa shape index (κ3) is 4.39. The minimum absolute atomic E-state index is 0.0147. The van der Waals surface area contributed by atoms with E-state index in [1.807, 2.05) is 37.3 Å². The fourth-order valence-corrected chi connectivity index (χ4v) is 2.51. The van der Waals surface area contributed by atoms with Crippen molar-refractivity contribution in [2.24, 2.45) is 0 Å². The van der Waals surface area contributed by atoms with Crippen LogP contribution in [0.15, 0.2) is 48.5 Å². The summed E-state index contributed by atoms with van der Waals surface area (Å²) in [6.45, 7) is 3.40. The van der Waals surface area contributed by atoms with Gasteiger partial charge in [0, 0.05) is 23.2 Å². The molecule has 0 aromatic heterocycles. The van der Waals surface area contributed by atoms with Gasteiger partial charge in [-0.1, -0.05) is 30.3 Å². The van der Waals surface area contributed by atoms with Crippen molar-refractivity contribution in [2.75, 3.05) is 0 Å². The van der Waals surface area contributed by atoms with Gasteiger partial charge in [0.15, 0.2) is 0 Å². The first kappa shape index (κ1) is 17.6. The first-order valence-electron chi connectivity index (χ1n) is 7.67. The fraction of sp³-hybridized carbons (Fsp3) is 0.278. The molecule has 0 radical (unpaired) electrons. The van der Waals surface area contributed by atoms with Crippen LogP contribution in [0.1, 0.15) is 40.9 Å². The molecule has 0 aliphatic carbocycles. The van der Waals surface area contributed by atoms with Crippen LogP contribution in [0.4, 0.5) is 5.69 Å². The summed E-state index contributed by atoms with van der Waals surface area (Å²) in [5.41, 5.74) is 1.58. The van der Waals surface area contributed by atoms with Gasteiger partial charge in [-0.15, -0.1) is 0 Å². The predicted octanol–water partition coefficient (Wildman–Crippen LogP) is 3.15. The summed E-state index contributed by atoms with van der Waals surface area (Å²) in [5, 5.41) is 23.8. The second-order valence-electron chi connectivity index (χ2n) is 5.80. The number of hydrogen-bond acceptors (Lipinski definition) is 4. The Labute approximate surface area is 140 Å². The van der Waals surface area contributed by atoms with Crippen molar-refractivity contribution in [3.05, 3.63) is 75.3 Å². The number of nitrogens with one attached hydrogen (secondary N) is 1. The number of hydrogen-bond donors (Lipinski definition) is 2. The summed E-state index contributed by atoms with van der Waals surface area (Å²) in [4.78, 5) is 22.6. The summed E-state index contributed by atoms with van der Waals surface area (Å²) in [5.74, 6) is -0.319. The van der Waals surface area contributed by atoms with Crippen LogP contribution in [-0.2, 0) is 0 Å². The van der Waals surface area contributed by atoms with E-state index in [4.69, 9.17) is 0 Å². The quantitative estimate of drug-likeness (QED) is 0.629. The summed E-state index contributed by atoms with van der Waals surface area (Å²) in [7, 11) is 0. The van der Waals surface area contributed by atoms with E-state index in [2.05, 4.69) is 5.32 Å². The molecule has 2 N–H and O–H groups in total. The predicted molar refractivity (Wildman–Crippen MR) is 90.8 cm³/mol. The summed E-state index contributed by atoms with van der Waals surface area (Å²) < 4.78 is 0.